The molecule has 13 heavy (non-hydrogen) atoms. The van der Waals surface area contributed by atoms with Gasteiger partial charge in [-0.05, 0) is 26.7 Å². The van der Waals surface area contributed by atoms with Crippen molar-refractivity contribution in [3.8, 4) is 0 Å². The van der Waals surface area contributed by atoms with Gasteiger partial charge < -0.3 is 4.57 Å². The van der Waals surface area contributed by atoms with Gasteiger partial charge in [0.05, 0.1) is 23.6 Å². The minimum Gasteiger partial charge on any atom is -0.334 e. The molecule has 0 fully saturated rings. The van der Waals surface area contributed by atoms with Crippen molar-refractivity contribution < 1.29 is 4.79 Å². The van der Waals surface area contributed by atoms with E-state index >= 15 is 0 Å². The fourth-order valence-corrected chi connectivity index (χ4v) is 2.12. The Kier molecular flexibility index (Phi) is 1.94. The van der Waals surface area contributed by atoms with E-state index in [1.807, 2.05) is 13.3 Å². The lowest BCUT2D eigenvalue weighted by atomic mass is 9.91. The zero-order valence-electron chi connectivity index (χ0n) is 8.08. The van der Waals surface area contributed by atoms with E-state index in [1.165, 1.54) is 0 Å². The van der Waals surface area contributed by atoms with E-state index in [2.05, 4.69) is 9.55 Å². The van der Waals surface area contributed by atoms with E-state index in [4.69, 9.17) is 0 Å². The number of ketones is 1. The summed E-state index contributed by atoms with van der Waals surface area (Å²) in [5.74, 6) is 0.362. The lowest BCUT2D eigenvalue weighted by molar-refractivity contribution is -0.118. The van der Waals surface area contributed by atoms with Crippen molar-refractivity contribution in [1.29, 1.82) is 0 Å². The Labute approximate surface area is 77.8 Å². The standard InChI is InChI=1S/C10H14N2O/c1-7-10-9(8(2)13)4-3-5-12(10)6-11-7/h6,9H,3-5H2,1-2H3. The fourth-order valence-electron chi connectivity index (χ4n) is 2.12. The Hall–Kier alpha value is -1.12. The van der Waals surface area contributed by atoms with Gasteiger partial charge in [0.2, 0.25) is 0 Å². The molecule has 0 aromatic carbocycles. The molecule has 0 radical (unpaired) electrons. The van der Waals surface area contributed by atoms with Crippen LogP contribution in [-0.4, -0.2) is 15.3 Å². The summed E-state index contributed by atoms with van der Waals surface area (Å²) in [7, 11) is 0. The number of fused-ring (bicyclic) bond motifs is 1. The number of rotatable bonds is 1. The van der Waals surface area contributed by atoms with Gasteiger partial charge in [0.15, 0.2) is 0 Å². The number of hydrogen-bond acceptors (Lipinski definition) is 2. The molecule has 1 unspecified atom stereocenters. The number of aromatic nitrogens is 2. The summed E-state index contributed by atoms with van der Waals surface area (Å²) in [6, 6.07) is 0. The Balaban J connectivity index is 2.46. The third kappa shape index (κ3) is 1.28. The lowest BCUT2D eigenvalue weighted by Crippen LogP contribution is -2.20. The van der Waals surface area contributed by atoms with E-state index < -0.39 is 0 Å². The topological polar surface area (TPSA) is 34.9 Å². The van der Waals surface area contributed by atoms with Crippen LogP contribution in [-0.2, 0) is 11.3 Å². The molecule has 0 amide bonds. The van der Waals surface area contributed by atoms with Crippen molar-refractivity contribution in [3.63, 3.8) is 0 Å². The molecular weight excluding hydrogens is 164 g/mol. The zero-order valence-corrected chi connectivity index (χ0v) is 8.08. The van der Waals surface area contributed by atoms with Gasteiger partial charge in [-0.1, -0.05) is 0 Å². The molecule has 1 aromatic rings. The van der Waals surface area contributed by atoms with Crippen LogP contribution in [0.15, 0.2) is 6.33 Å². The van der Waals surface area contributed by atoms with Gasteiger partial charge in [0, 0.05) is 6.54 Å². The van der Waals surface area contributed by atoms with Gasteiger partial charge in [-0.15, -0.1) is 0 Å². The highest BCUT2D eigenvalue weighted by Crippen LogP contribution is 2.29. The van der Waals surface area contributed by atoms with Crippen molar-refractivity contribution >= 4 is 5.78 Å². The van der Waals surface area contributed by atoms with Gasteiger partial charge in [-0.3, -0.25) is 4.79 Å². The van der Waals surface area contributed by atoms with Crippen molar-refractivity contribution in [1.82, 2.24) is 9.55 Å². The van der Waals surface area contributed by atoms with E-state index in [-0.39, 0.29) is 11.7 Å². The molecule has 2 heterocycles. The average Bonchev–Trinajstić information content (AvgIpc) is 2.48. The molecule has 3 nitrogen and oxygen atoms in total. The molecule has 3 heteroatoms. The van der Waals surface area contributed by atoms with E-state index in [0.717, 1.165) is 30.8 Å². The Morgan fingerprint density at radius 3 is 3.15 bits per heavy atom. The van der Waals surface area contributed by atoms with Crippen LogP contribution in [0.25, 0.3) is 0 Å². The maximum absolute atomic E-state index is 11.4. The summed E-state index contributed by atoms with van der Waals surface area (Å²) in [6.07, 6.45) is 3.93. The first kappa shape index (κ1) is 8.48. The predicted octanol–water partition coefficient (Wildman–Crippen LogP) is 1.66. The number of imidazole rings is 1. The summed E-state index contributed by atoms with van der Waals surface area (Å²) in [5.41, 5.74) is 2.15. The summed E-state index contributed by atoms with van der Waals surface area (Å²) in [6.45, 7) is 4.67. The van der Waals surface area contributed by atoms with Crippen LogP contribution >= 0.6 is 0 Å². The molecule has 70 valence electrons. The Morgan fingerprint density at radius 2 is 2.46 bits per heavy atom. The molecule has 0 aliphatic carbocycles. The largest absolute Gasteiger partial charge is 0.334 e. The molecule has 1 aliphatic rings. The van der Waals surface area contributed by atoms with Gasteiger partial charge >= 0.3 is 0 Å². The summed E-state index contributed by atoms with van der Waals surface area (Å²) in [4.78, 5) is 15.6. The van der Waals surface area contributed by atoms with Crippen LogP contribution < -0.4 is 0 Å². The highest BCUT2D eigenvalue weighted by atomic mass is 16.1. The number of Topliss-reactive ketones (excluding diaryl/α,β-unsaturated/α-hetero) is 1. The molecule has 2 rings (SSSR count). The maximum atomic E-state index is 11.4. The molecule has 0 saturated carbocycles. The first-order valence-corrected chi connectivity index (χ1v) is 4.72. The number of carbonyl (C=O) groups is 1. The second-order valence-corrected chi connectivity index (χ2v) is 3.71. The van der Waals surface area contributed by atoms with Gasteiger partial charge in [-0.2, -0.15) is 0 Å². The molecule has 0 spiro atoms. The third-order valence-electron chi connectivity index (χ3n) is 2.78. The third-order valence-corrected chi connectivity index (χ3v) is 2.78. The number of hydrogen-bond donors (Lipinski definition) is 0. The first-order chi connectivity index (χ1) is 6.20. The molecule has 1 aromatic heterocycles. The number of aryl methyl sites for hydroxylation is 2. The van der Waals surface area contributed by atoms with Crippen molar-refractivity contribution in [2.45, 2.75) is 39.2 Å². The Bertz CT molecular complexity index is 341. The van der Waals surface area contributed by atoms with E-state index in [0.29, 0.717) is 0 Å². The zero-order chi connectivity index (χ0) is 9.42. The molecule has 0 bridgehead atoms. The fraction of sp³-hybridized carbons (Fsp3) is 0.600. The molecule has 0 saturated heterocycles. The lowest BCUT2D eigenvalue weighted by Gasteiger charge is -2.22. The van der Waals surface area contributed by atoms with Crippen LogP contribution in [0, 0.1) is 6.92 Å². The highest BCUT2D eigenvalue weighted by molar-refractivity contribution is 5.83. The van der Waals surface area contributed by atoms with Crippen LogP contribution in [0.3, 0.4) is 0 Å². The molecule has 1 atom stereocenters. The molecular formula is C10H14N2O. The summed E-state index contributed by atoms with van der Waals surface area (Å²) >= 11 is 0. The monoisotopic (exact) mass is 178 g/mol. The summed E-state index contributed by atoms with van der Waals surface area (Å²) in [5, 5.41) is 0. The van der Waals surface area contributed by atoms with E-state index in [9.17, 15) is 4.79 Å². The van der Waals surface area contributed by atoms with Gasteiger partial charge in [-0.25, -0.2) is 4.98 Å². The first-order valence-electron chi connectivity index (χ1n) is 4.72. The SMILES string of the molecule is CC(=O)C1CCCn2cnc(C)c21. The van der Waals surface area contributed by atoms with Crippen LogP contribution in [0.2, 0.25) is 0 Å². The average molecular weight is 178 g/mol. The highest BCUT2D eigenvalue weighted by Gasteiger charge is 2.26. The smallest absolute Gasteiger partial charge is 0.138 e. The quantitative estimate of drug-likeness (QED) is 0.655. The van der Waals surface area contributed by atoms with E-state index in [1.54, 1.807) is 6.92 Å². The van der Waals surface area contributed by atoms with Crippen LogP contribution in [0.1, 0.15) is 37.1 Å². The summed E-state index contributed by atoms with van der Waals surface area (Å²) < 4.78 is 2.12. The number of nitrogens with zero attached hydrogens (tertiary/aromatic N) is 2. The minimum atomic E-state index is 0.0937. The molecule has 0 N–H and O–H groups in total. The predicted molar refractivity (Wildman–Crippen MR) is 49.6 cm³/mol. The second-order valence-electron chi connectivity index (χ2n) is 3.71. The van der Waals surface area contributed by atoms with Gasteiger partial charge in [0.1, 0.15) is 5.78 Å². The molecule has 1 aliphatic heterocycles. The maximum Gasteiger partial charge on any atom is 0.138 e. The van der Waals surface area contributed by atoms with Crippen molar-refractivity contribution in [3.05, 3.63) is 17.7 Å². The second kappa shape index (κ2) is 2.98. The van der Waals surface area contributed by atoms with Crippen molar-refractivity contribution in [2.75, 3.05) is 0 Å². The normalized spacial score (nSPS) is 21.2. The van der Waals surface area contributed by atoms with Crippen LogP contribution in [0.4, 0.5) is 0 Å². The Morgan fingerprint density at radius 1 is 1.69 bits per heavy atom. The van der Waals surface area contributed by atoms with Gasteiger partial charge in [0.25, 0.3) is 0 Å². The minimum absolute atomic E-state index is 0.0937. The number of carbonyl (C=O) groups excluding carboxylic acids is 1. The van der Waals surface area contributed by atoms with Crippen molar-refractivity contribution in [2.24, 2.45) is 0 Å². The van der Waals surface area contributed by atoms with Crippen LogP contribution in [0.5, 0.6) is 0 Å².